The first-order valence-electron chi connectivity index (χ1n) is 9.84. The van der Waals surface area contributed by atoms with Gasteiger partial charge < -0.3 is 4.57 Å². The van der Waals surface area contributed by atoms with Gasteiger partial charge in [0, 0.05) is 17.8 Å². The summed E-state index contributed by atoms with van der Waals surface area (Å²) in [6.45, 7) is 4.66. The third-order valence-corrected chi connectivity index (χ3v) is 7.28. The molecule has 0 radical (unpaired) electrons. The minimum Gasteiger partial charge on any atom is -0.317 e. The lowest BCUT2D eigenvalue weighted by Crippen LogP contribution is -2.16. The number of anilines is 1. The highest BCUT2D eigenvalue weighted by Crippen LogP contribution is 2.20. The van der Waals surface area contributed by atoms with E-state index in [1.807, 2.05) is 30.5 Å². The Kier molecular flexibility index (Phi) is 5.94. The van der Waals surface area contributed by atoms with E-state index in [0.717, 1.165) is 27.9 Å². The van der Waals surface area contributed by atoms with Crippen LogP contribution < -0.4 is 9.52 Å². The Bertz CT molecular complexity index is 1490. The maximum atomic E-state index is 13.1. The molecule has 0 spiro atoms. The topological polar surface area (TPSA) is 80.5 Å². The number of hydrogen-bond donors (Lipinski definition) is 1. The van der Waals surface area contributed by atoms with E-state index in [2.05, 4.69) is 15.8 Å². The molecule has 0 unspecified atom stereocenters. The lowest BCUT2D eigenvalue weighted by Gasteiger charge is -2.08. The van der Waals surface area contributed by atoms with Gasteiger partial charge in [0.05, 0.1) is 15.1 Å². The lowest BCUT2D eigenvalue weighted by atomic mass is 10.2. The van der Waals surface area contributed by atoms with Gasteiger partial charge in [0.25, 0.3) is 15.9 Å². The number of halogens is 1. The van der Waals surface area contributed by atoms with Crippen molar-refractivity contribution in [3.05, 3.63) is 88.5 Å². The molecule has 0 fully saturated rings. The van der Waals surface area contributed by atoms with Crippen molar-refractivity contribution in [3.63, 3.8) is 0 Å². The number of rotatable bonds is 5. The number of hydrogen-bond acceptors (Lipinski definition) is 4. The van der Waals surface area contributed by atoms with Crippen molar-refractivity contribution in [2.45, 2.75) is 25.3 Å². The van der Waals surface area contributed by atoms with Gasteiger partial charge in [0.2, 0.25) is 0 Å². The summed E-state index contributed by atoms with van der Waals surface area (Å²) in [4.78, 5) is 17.7. The molecule has 0 aliphatic rings. The summed E-state index contributed by atoms with van der Waals surface area (Å²) in [5, 5.41) is 0. The van der Waals surface area contributed by atoms with Crippen molar-refractivity contribution in [1.29, 1.82) is 0 Å². The van der Waals surface area contributed by atoms with Crippen LogP contribution in [0.5, 0.6) is 0 Å². The number of nitrogens with zero attached hydrogens (tertiary/aromatic N) is 2. The number of sulfonamides is 1. The summed E-state index contributed by atoms with van der Waals surface area (Å²) in [7, 11) is -3.92. The molecule has 1 N–H and O–H groups in total. The molecule has 9 heteroatoms. The van der Waals surface area contributed by atoms with E-state index in [-0.39, 0.29) is 16.1 Å². The lowest BCUT2D eigenvalue weighted by molar-refractivity contribution is 0.0998. The highest BCUT2D eigenvalue weighted by Gasteiger charge is 2.15. The highest BCUT2D eigenvalue weighted by molar-refractivity contribution is 7.92. The highest BCUT2D eigenvalue weighted by atomic mass is 32.2. The van der Waals surface area contributed by atoms with Crippen molar-refractivity contribution in [3.8, 4) is 0 Å². The zero-order chi connectivity index (χ0) is 22.9. The van der Waals surface area contributed by atoms with Gasteiger partial charge in [-0.25, -0.2) is 12.8 Å². The van der Waals surface area contributed by atoms with Crippen molar-refractivity contribution >= 4 is 43.2 Å². The molecule has 0 atom stereocenters. The average Bonchev–Trinajstić information content (AvgIpc) is 3.09. The smallest absolute Gasteiger partial charge is 0.279 e. The van der Waals surface area contributed by atoms with E-state index in [9.17, 15) is 17.6 Å². The van der Waals surface area contributed by atoms with E-state index in [4.69, 9.17) is 0 Å². The van der Waals surface area contributed by atoms with Gasteiger partial charge in [0.15, 0.2) is 4.80 Å². The van der Waals surface area contributed by atoms with Crippen LogP contribution in [0.15, 0.2) is 76.6 Å². The van der Waals surface area contributed by atoms with Crippen molar-refractivity contribution in [1.82, 2.24) is 4.57 Å². The normalized spacial score (nSPS) is 12.3. The molecule has 0 saturated carbocycles. The third-order valence-electron chi connectivity index (χ3n) is 4.84. The number of aromatic nitrogens is 1. The maximum Gasteiger partial charge on any atom is 0.279 e. The fourth-order valence-corrected chi connectivity index (χ4v) is 5.51. The van der Waals surface area contributed by atoms with Crippen molar-refractivity contribution < 1.29 is 17.6 Å². The third kappa shape index (κ3) is 4.49. The van der Waals surface area contributed by atoms with Crippen LogP contribution >= 0.6 is 11.3 Å². The van der Waals surface area contributed by atoms with Crippen LogP contribution in [-0.4, -0.2) is 18.9 Å². The zero-order valence-corrected chi connectivity index (χ0v) is 19.0. The summed E-state index contributed by atoms with van der Waals surface area (Å²) < 4.78 is 43.6. The zero-order valence-electron chi connectivity index (χ0n) is 17.4. The molecule has 6 nitrogen and oxygen atoms in total. The predicted molar refractivity (Wildman–Crippen MR) is 124 cm³/mol. The second-order valence-electron chi connectivity index (χ2n) is 7.16. The standard InChI is InChI=1S/C23H20FN3O3S2/c1-3-27-20-12-7-15(2)13-21(20)31-23(27)25-22(28)16-5-4-6-18(14-16)26-32(29,30)19-10-8-17(24)9-11-19/h4-14,26H,3H2,1-2H3. The Hall–Kier alpha value is -3.30. The van der Waals surface area contributed by atoms with Crippen molar-refractivity contribution in [2.75, 3.05) is 4.72 Å². The minimum absolute atomic E-state index is 0.0788. The Morgan fingerprint density at radius 1 is 1.09 bits per heavy atom. The summed E-state index contributed by atoms with van der Waals surface area (Å²) >= 11 is 1.43. The fraction of sp³-hybridized carbons (Fsp3) is 0.130. The summed E-state index contributed by atoms with van der Waals surface area (Å²) in [5.74, 6) is -1.00. The van der Waals surface area contributed by atoms with Gasteiger partial charge >= 0.3 is 0 Å². The average molecular weight is 470 g/mol. The number of carbonyl (C=O) groups is 1. The monoisotopic (exact) mass is 469 g/mol. The Morgan fingerprint density at radius 2 is 1.84 bits per heavy atom. The van der Waals surface area contributed by atoms with E-state index >= 15 is 0 Å². The van der Waals surface area contributed by atoms with Crippen LogP contribution in [0.25, 0.3) is 10.2 Å². The molecule has 32 heavy (non-hydrogen) atoms. The van der Waals surface area contributed by atoms with Crippen LogP contribution in [0.2, 0.25) is 0 Å². The van der Waals surface area contributed by atoms with E-state index in [0.29, 0.717) is 11.3 Å². The van der Waals surface area contributed by atoms with Gasteiger partial charge in [-0.1, -0.05) is 23.5 Å². The van der Waals surface area contributed by atoms with Gasteiger partial charge in [-0.2, -0.15) is 4.99 Å². The van der Waals surface area contributed by atoms with Gasteiger partial charge in [-0.3, -0.25) is 9.52 Å². The molecule has 0 saturated heterocycles. The van der Waals surface area contributed by atoms with E-state index in [1.54, 1.807) is 12.1 Å². The summed E-state index contributed by atoms with van der Waals surface area (Å²) in [5.41, 5.74) is 2.60. The minimum atomic E-state index is -3.92. The molecular weight excluding hydrogens is 449 g/mol. The second-order valence-corrected chi connectivity index (χ2v) is 9.85. The number of nitrogens with one attached hydrogen (secondary N) is 1. The molecule has 1 heterocycles. The van der Waals surface area contributed by atoms with Gasteiger partial charge in [-0.05, 0) is 74.0 Å². The molecule has 0 bridgehead atoms. The first-order valence-corrected chi connectivity index (χ1v) is 12.1. The number of carbonyl (C=O) groups excluding carboxylic acids is 1. The molecular formula is C23H20FN3O3S2. The molecule has 0 aliphatic heterocycles. The van der Waals surface area contributed by atoms with E-state index < -0.39 is 21.7 Å². The molecule has 1 aromatic heterocycles. The fourth-order valence-electron chi connectivity index (χ4n) is 3.27. The Balaban J connectivity index is 1.66. The quantitative estimate of drug-likeness (QED) is 0.460. The van der Waals surface area contributed by atoms with Crippen LogP contribution in [-0.2, 0) is 16.6 Å². The largest absolute Gasteiger partial charge is 0.317 e. The predicted octanol–water partition coefficient (Wildman–Crippen LogP) is 4.71. The van der Waals surface area contributed by atoms with Crippen LogP contribution in [0.1, 0.15) is 22.8 Å². The number of benzene rings is 3. The van der Waals surface area contributed by atoms with Gasteiger partial charge in [-0.15, -0.1) is 0 Å². The maximum absolute atomic E-state index is 13.1. The Morgan fingerprint density at radius 3 is 2.56 bits per heavy atom. The van der Waals surface area contributed by atoms with Crippen LogP contribution in [0.4, 0.5) is 10.1 Å². The summed E-state index contributed by atoms with van der Waals surface area (Å²) in [6, 6.07) is 16.7. The first-order chi connectivity index (χ1) is 15.3. The molecule has 3 aromatic carbocycles. The number of thiazole rings is 1. The summed E-state index contributed by atoms with van der Waals surface area (Å²) in [6.07, 6.45) is 0. The molecule has 4 aromatic rings. The number of amides is 1. The Labute approximate surface area is 188 Å². The van der Waals surface area contributed by atoms with Crippen molar-refractivity contribution in [2.24, 2.45) is 4.99 Å². The number of aryl methyl sites for hydroxylation is 2. The first kappa shape index (κ1) is 21.9. The van der Waals surface area contributed by atoms with Gasteiger partial charge in [0.1, 0.15) is 5.82 Å². The SMILES string of the molecule is CCn1c(=NC(=O)c2cccc(NS(=O)(=O)c3ccc(F)cc3)c2)sc2cc(C)ccc21. The molecule has 1 amide bonds. The number of fused-ring (bicyclic) bond motifs is 1. The molecule has 164 valence electrons. The molecule has 4 rings (SSSR count). The second kappa shape index (κ2) is 8.68. The molecule has 0 aliphatic carbocycles. The van der Waals surface area contributed by atoms with Crippen LogP contribution in [0, 0.1) is 12.7 Å². The van der Waals surface area contributed by atoms with Crippen LogP contribution in [0.3, 0.4) is 0 Å². The van der Waals surface area contributed by atoms with E-state index in [1.165, 1.54) is 35.6 Å².